The van der Waals surface area contributed by atoms with Crippen LogP contribution in [0.2, 0.25) is 0 Å². The maximum Gasteiger partial charge on any atom is 0.272 e. The molecule has 0 unspecified atom stereocenters. The third-order valence-electron chi connectivity index (χ3n) is 4.58. The fourth-order valence-electron chi connectivity index (χ4n) is 3.13. The van der Waals surface area contributed by atoms with Crippen LogP contribution in [0.4, 0.5) is 0 Å². The Balaban J connectivity index is 1.70. The molecule has 0 bridgehead atoms. The summed E-state index contributed by atoms with van der Waals surface area (Å²) in [5.41, 5.74) is 7.09. The maximum absolute atomic E-state index is 12.9. The number of rotatable bonds is 4. The van der Waals surface area contributed by atoms with E-state index in [0.29, 0.717) is 11.1 Å². The largest absolute Gasteiger partial charge is 0.507 e. The number of pyridine rings is 1. The van der Waals surface area contributed by atoms with Crippen LogP contribution in [0.25, 0.3) is 22.2 Å². The van der Waals surface area contributed by atoms with Crippen molar-refractivity contribution in [3.05, 3.63) is 95.6 Å². The summed E-state index contributed by atoms with van der Waals surface area (Å²) in [6, 6.07) is 24.1. The minimum Gasteiger partial charge on any atom is -0.507 e. The van der Waals surface area contributed by atoms with Gasteiger partial charge in [-0.05, 0) is 37.3 Å². The Labute approximate surface area is 168 Å². The highest BCUT2D eigenvalue weighted by Gasteiger charge is 2.13. The molecule has 5 nitrogen and oxygen atoms in total. The van der Waals surface area contributed by atoms with Crippen molar-refractivity contribution in [3.63, 3.8) is 0 Å². The zero-order valence-electron chi connectivity index (χ0n) is 15.8. The van der Waals surface area contributed by atoms with Gasteiger partial charge in [-0.1, -0.05) is 54.1 Å². The van der Waals surface area contributed by atoms with E-state index in [1.807, 2.05) is 55.5 Å². The fraction of sp³-hybridized carbons (Fsp3) is 0.0417. The highest BCUT2D eigenvalue weighted by molar-refractivity contribution is 6.07. The number of carbonyl (C=O) groups excluding carboxylic acids is 1. The number of aromatic hydroxyl groups is 1. The molecule has 0 aliphatic rings. The maximum atomic E-state index is 12.9. The number of carbonyl (C=O) groups is 1. The van der Waals surface area contributed by atoms with Gasteiger partial charge in [0.2, 0.25) is 0 Å². The molecule has 1 amide bonds. The van der Waals surface area contributed by atoms with E-state index in [0.717, 1.165) is 27.7 Å². The molecule has 0 aliphatic heterocycles. The summed E-state index contributed by atoms with van der Waals surface area (Å²) in [5, 5.41) is 14.6. The number of hydrogen-bond donors (Lipinski definition) is 2. The SMILES string of the molecule is Cc1cccc(-c2cc(C(=O)N/N=C/c3ccccc3O)c3ccccc3n2)c1. The van der Waals surface area contributed by atoms with Gasteiger partial charge in [-0.3, -0.25) is 4.79 Å². The first kappa shape index (κ1) is 18.4. The van der Waals surface area contributed by atoms with Crippen molar-refractivity contribution >= 4 is 23.0 Å². The van der Waals surface area contributed by atoms with Crippen molar-refractivity contribution in [2.75, 3.05) is 0 Å². The van der Waals surface area contributed by atoms with Gasteiger partial charge in [-0.15, -0.1) is 0 Å². The molecule has 3 aromatic carbocycles. The van der Waals surface area contributed by atoms with E-state index in [9.17, 15) is 9.90 Å². The van der Waals surface area contributed by atoms with Crippen molar-refractivity contribution in [1.82, 2.24) is 10.4 Å². The van der Waals surface area contributed by atoms with Crippen molar-refractivity contribution in [1.29, 1.82) is 0 Å². The van der Waals surface area contributed by atoms with Crippen LogP contribution < -0.4 is 5.43 Å². The molecular weight excluding hydrogens is 362 g/mol. The highest BCUT2D eigenvalue weighted by atomic mass is 16.3. The van der Waals surface area contributed by atoms with Crippen molar-refractivity contribution in [2.24, 2.45) is 5.10 Å². The molecule has 0 spiro atoms. The number of hydrogen-bond acceptors (Lipinski definition) is 4. The summed E-state index contributed by atoms with van der Waals surface area (Å²) < 4.78 is 0. The minimum absolute atomic E-state index is 0.0987. The molecule has 0 fully saturated rings. The van der Waals surface area contributed by atoms with Gasteiger partial charge >= 0.3 is 0 Å². The van der Waals surface area contributed by atoms with Gasteiger partial charge in [0, 0.05) is 16.5 Å². The number of phenolic OH excluding ortho intramolecular Hbond substituents is 1. The topological polar surface area (TPSA) is 74.6 Å². The summed E-state index contributed by atoms with van der Waals surface area (Å²) in [6.45, 7) is 2.02. The summed E-state index contributed by atoms with van der Waals surface area (Å²) in [5.74, 6) is -0.245. The van der Waals surface area contributed by atoms with Crippen LogP contribution in [0.1, 0.15) is 21.5 Å². The first-order valence-electron chi connectivity index (χ1n) is 9.20. The molecule has 0 saturated carbocycles. The second-order valence-electron chi connectivity index (χ2n) is 6.70. The van der Waals surface area contributed by atoms with Gasteiger partial charge < -0.3 is 5.11 Å². The summed E-state index contributed by atoms with van der Waals surface area (Å²) in [4.78, 5) is 17.6. The fourth-order valence-corrected chi connectivity index (χ4v) is 3.13. The Kier molecular flexibility index (Phi) is 5.03. The molecule has 4 rings (SSSR count). The first-order chi connectivity index (χ1) is 14.1. The summed E-state index contributed by atoms with van der Waals surface area (Å²) in [7, 11) is 0. The van der Waals surface area contributed by atoms with Crippen molar-refractivity contribution < 1.29 is 9.90 Å². The van der Waals surface area contributed by atoms with Crippen LogP contribution in [0, 0.1) is 6.92 Å². The lowest BCUT2D eigenvalue weighted by Gasteiger charge is -2.09. The van der Waals surface area contributed by atoms with E-state index in [1.165, 1.54) is 6.21 Å². The second kappa shape index (κ2) is 7.94. The number of nitrogens with one attached hydrogen (secondary N) is 1. The van der Waals surface area contributed by atoms with Gasteiger partial charge in [0.25, 0.3) is 5.91 Å². The lowest BCUT2D eigenvalue weighted by atomic mass is 10.0. The Morgan fingerprint density at radius 3 is 2.62 bits per heavy atom. The number of amides is 1. The molecule has 5 heteroatoms. The van der Waals surface area contributed by atoms with E-state index < -0.39 is 0 Å². The van der Waals surface area contributed by atoms with Gasteiger partial charge in [0.15, 0.2) is 0 Å². The molecule has 0 atom stereocenters. The Morgan fingerprint density at radius 1 is 1.00 bits per heavy atom. The zero-order chi connectivity index (χ0) is 20.2. The highest BCUT2D eigenvalue weighted by Crippen LogP contribution is 2.25. The Hall–Kier alpha value is -3.99. The molecule has 4 aromatic rings. The average Bonchev–Trinajstić information content (AvgIpc) is 2.74. The predicted molar refractivity (Wildman–Crippen MR) is 115 cm³/mol. The second-order valence-corrected chi connectivity index (χ2v) is 6.70. The number of para-hydroxylation sites is 2. The van der Waals surface area contributed by atoms with Crippen molar-refractivity contribution in [3.8, 4) is 17.0 Å². The molecule has 0 saturated heterocycles. The van der Waals surface area contributed by atoms with Gasteiger partial charge in [-0.2, -0.15) is 5.10 Å². The quantitative estimate of drug-likeness (QED) is 0.398. The molecular formula is C24H19N3O2. The lowest BCUT2D eigenvalue weighted by Crippen LogP contribution is -2.18. The standard InChI is InChI=1S/C24H19N3O2/c1-16-7-6-9-17(13-16)22-14-20(19-10-3-4-11-21(19)26-22)24(29)27-25-15-18-8-2-5-12-23(18)28/h2-15,28H,1H3,(H,27,29)/b25-15+. The molecule has 1 aromatic heterocycles. The third-order valence-corrected chi connectivity index (χ3v) is 4.58. The molecule has 0 aliphatic carbocycles. The Bertz CT molecular complexity index is 1230. The van der Waals surface area contributed by atoms with E-state index >= 15 is 0 Å². The van der Waals surface area contributed by atoms with Gasteiger partial charge in [0.1, 0.15) is 5.75 Å². The third kappa shape index (κ3) is 3.99. The van der Waals surface area contributed by atoms with Crippen LogP contribution in [0.5, 0.6) is 5.75 Å². The number of aryl methyl sites for hydroxylation is 1. The van der Waals surface area contributed by atoms with Crippen LogP contribution in [-0.2, 0) is 0 Å². The van der Waals surface area contributed by atoms with Crippen LogP contribution in [0.15, 0.2) is 84.0 Å². The van der Waals surface area contributed by atoms with E-state index in [2.05, 4.69) is 10.5 Å². The number of benzene rings is 3. The van der Waals surface area contributed by atoms with Crippen LogP contribution >= 0.6 is 0 Å². The Morgan fingerprint density at radius 2 is 1.79 bits per heavy atom. The molecule has 2 N–H and O–H groups in total. The number of phenols is 1. The lowest BCUT2D eigenvalue weighted by molar-refractivity contribution is 0.0956. The van der Waals surface area contributed by atoms with Crippen LogP contribution in [0.3, 0.4) is 0 Å². The average molecular weight is 381 g/mol. The monoisotopic (exact) mass is 381 g/mol. The number of aromatic nitrogens is 1. The molecule has 0 radical (unpaired) electrons. The van der Waals surface area contributed by atoms with Gasteiger partial charge in [0.05, 0.1) is 23.0 Å². The van der Waals surface area contributed by atoms with Crippen molar-refractivity contribution in [2.45, 2.75) is 6.92 Å². The minimum atomic E-state index is -0.343. The number of hydrazone groups is 1. The normalized spacial score (nSPS) is 11.1. The molecule has 142 valence electrons. The molecule has 1 heterocycles. The van der Waals surface area contributed by atoms with E-state index in [1.54, 1.807) is 30.3 Å². The summed E-state index contributed by atoms with van der Waals surface area (Å²) in [6.07, 6.45) is 1.41. The van der Waals surface area contributed by atoms with Crippen LogP contribution in [-0.4, -0.2) is 22.2 Å². The van der Waals surface area contributed by atoms with Gasteiger partial charge in [-0.25, -0.2) is 10.4 Å². The van der Waals surface area contributed by atoms with E-state index in [-0.39, 0.29) is 11.7 Å². The smallest absolute Gasteiger partial charge is 0.272 e. The predicted octanol–water partition coefficient (Wildman–Crippen LogP) is 4.68. The number of fused-ring (bicyclic) bond motifs is 1. The van der Waals surface area contributed by atoms with E-state index in [4.69, 9.17) is 4.98 Å². The first-order valence-corrected chi connectivity index (χ1v) is 9.20. The number of nitrogens with zero attached hydrogens (tertiary/aromatic N) is 2. The summed E-state index contributed by atoms with van der Waals surface area (Å²) >= 11 is 0. The molecule has 29 heavy (non-hydrogen) atoms. The zero-order valence-corrected chi connectivity index (χ0v) is 15.8.